The quantitative estimate of drug-likeness (QED) is 0.620. The molecule has 0 aliphatic rings. The third-order valence-corrected chi connectivity index (χ3v) is 3.04. The highest BCUT2D eigenvalue weighted by molar-refractivity contribution is 7.13. The van der Waals surface area contributed by atoms with Gasteiger partial charge in [0.05, 0.1) is 4.70 Å². The van der Waals surface area contributed by atoms with Gasteiger partial charge >= 0.3 is 0 Å². The molecular formula is C11H13NS. The standard InChI is InChI=1S/C11H13NS/c1-11(2,3)9-6-4-5-8-7-12-13-10(8)9/h4-7H,1-3H3. The van der Waals surface area contributed by atoms with E-state index in [1.807, 2.05) is 6.20 Å². The molecule has 1 nitrogen and oxygen atoms in total. The molecule has 0 bridgehead atoms. The molecule has 1 aromatic carbocycles. The van der Waals surface area contributed by atoms with Crippen molar-refractivity contribution in [2.45, 2.75) is 26.2 Å². The SMILES string of the molecule is CC(C)(C)c1cccc2cnsc12. The monoisotopic (exact) mass is 191 g/mol. The first-order valence-electron chi connectivity index (χ1n) is 4.43. The molecule has 0 saturated carbocycles. The second kappa shape index (κ2) is 2.81. The maximum Gasteiger partial charge on any atom is 0.0587 e. The molecule has 1 heterocycles. The molecule has 0 spiro atoms. The Balaban J connectivity index is 2.75. The fraction of sp³-hybridized carbons (Fsp3) is 0.364. The first-order chi connectivity index (χ1) is 6.09. The van der Waals surface area contributed by atoms with Crippen LogP contribution in [0.4, 0.5) is 0 Å². The van der Waals surface area contributed by atoms with Crippen LogP contribution in [0.3, 0.4) is 0 Å². The molecule has 0 fully saturated rings. The van der Waals surface area contributed by atoms with Gasteiger partial charge in [-0.25, -0.2) is 0 Å². The number of rotatable bonds is 0. The van der Waals surface area contributed by atoms with E-state index in [0.29, 0.717) is 0 Å². The van der Waals surface area contributed by atoms with E-state index in [4.69, 9.17) is 0 Å². The fourth-order valence-electron chi connectivity index (χ4n) is 1.48. The van der Waals surface area contributed by atoms with Gasteiger partial charge in [-0.1, -0.05) is 39.0 Å². The van der Waals surface area contributed by atoms with Gasteiger partial charge < -0.3 is 0 Å². The number of nitrogens with zero attached hydrogens (tertiary/aromatic N) is 1. The molecule has 0 unspecified atom stereocenters. The van der Waals surface area contributed by atoms with Crippen molar-refractivity contribution in [3.05, 3.63) is 30.0 Å². The number of hydrogen-bond donors (Lipinski definition) is 0. The summed E-state index contributed by atoms with van der Waals surface area (Å²) in [4.78, 5) is 0. The summed E-state index contributed by atoms with van der Waals surface area (Å²) in [5.74, 6) is 0. The Hall–Kier alpha value is -0.890. The van der Waals surface area contributed by atoms with Crippen molar-refractivity contribution >= 4 is 21.6 Å². The Kier molecular flexibility index (Phi) is 1.88. The summed E-state index contributed by atoms with van der Waals surface area (Å²) in [5.41, 5.74) is 1.61. The Bertz CT molecular complexity index is 423. The Morgan fingerprint density at radius 3 is 2.69 bits per heavy atom. The summed E-state index contributed by atoms with van der Waals surface area (Å²) >= 11 is 1.59. The zero-order valence-corrected chi connectivity index (χ0v) is 8.98. The van der Waals surface area contributed by atoms with E-state index < -0.39 is 0 Å². The van der Waals surface area contributed by atoms with Gasteiger partial charge in [-0.15, -0.1) is 0 Å². The molecule has 0 amide bonds. The molecule has 2 rings (SSSR count). The number of fused-ring (bicyclic) bond motifs is 1. The normalized spacial score (nSPS) is 12.2. The fourth-order valence-corrected chi connectivity index (χ4v) is 2.46. The molecular weight excluding hydrogens is 178 g/mol. The maximum absolute atomic E-state index is 4.22. The molecule has 0 aliphatic heterocycles. The molecule has 0 atom stereocenters. The topological polar surface area (TPSA) is 12.9 Å². The smallest absolute Gasteiger partial charge is 0.0587 e. The molecule has 1 aromatic heterocycles. The highest BCUT2D eigenvalue weighted by Gasteiger charge is 2.17. The van der Waals surface area contributed by atoms with E-state index in [0.717, 1.165) is 0 Å². The minimum atomic E-state index is 0.214. The molecule has 2 aromatic rings. The van der Waals surface area contributed by atoms with Crippen LogP contribution < -0.4 is 0 Å². The van der Waals surface area contributed by atoms with Crippen molar-refractivity contribution in [3.8, 4) is 0 Å². The van der Waals surface area contributed by atoms with E-state index in [9.17, 15) is 0 Å². The largest absolute Gasteiger partial charge is 0.200 e. The molecule has 68 valence electrons. The van der Waals surface area contributed by atoms with Gasteiger partial charge in [-0.05, 0) is 22.5 Å². The van der Waals surface area contributed by atoms with Gasteiger partial charge in [0, 0.05) is 11.6 Å². The Morgan fingerprint density at radius 1 is 1.23 bits per heavy atom. The van der Waals surface area contributed by atoms with Gasteiger partial charge in [-0.3, -0.25) is 0 Å². The van der Waals surface area contributed by atoms with Gasteiger partial charge in [0.15, 0.2) is 0 Å². The molecule has 0 N–H and O–H groups in total. The predicted octanol–water partition coefficient (Wildman–Crippen LogP) is 3.59. The average molecular weight is 191 g/mol. The van der Waals surface area contributed by atoms with E-state index >= 15 is 0 Å². The van der Waals surface area contributed by atoms with E-state index in [2.05, 4.69) is 43.3 Å². The third kappa shape index (κ3) is 1.46. The molecule has 2 heteroatoms. The number of aromatic nitrogens is 1. The van der Waals surface area contributed by atoms with Crippen molar-refractivity contribution in [1.82, 2.24) is 4.37 Å². The highest BCUT2D eigenvalue weighted by Crippen LogP contribution is 2.31. The Labute approximate surface area is 82.6 Å². The highest BCUT2D eigenvalue weighted by atomic mass is 32.1. The van der Waals surface area contributed by atoms with Gasteiger partial charge in [0.2, 0.25) is 0 Å². The summed E-state index contributed by atoms with van der Waals surface area (Å²) in [5, 5.41) is 1.26. The summed E-state index contributed by atoms with van der Waals surface area (Å²) in [6.45, 7) is 6.71. The van der Waals surface area contributed by atoms with Crippen LogP contribution >= 0.6 is 11.5 Å². The second-order valence-corrected chi connectivity index (χ2v) is 5.10. The van der Waals surface area contributed by atoms with Gasteiger partial charge in [0.25, 0.3) is 0 Å². The van der Waals surface area contributed by atoms with Crippen molar-refractivity contribution in [2.75, 3.05) is 0 Å². The van der Waals surface area contributed by atoms with E-state index in [1.165, 1.54) is 15.6 Å². The lowest BCUT2D eigenvalue weighted by molar-refractivity contribution is 0.597. The van der Waals surface area contributed by atoms with Gasteiger partial charge in [0.1, 0.15) is 0 Å². The number of benzene rings is 1. The average Bonchev–Trinajstić information content (AvgIpc) is 2.48. The van der Waals surface area contributed by atoms with E-state index in [-0.39, 0.29) is 5.41 Å². The maximum atomic E-state index is 4.22. The first-order valence-corrected chi connectivity index (χ1v) is 5.20. The molecule has 13 heavy (non-hydrogen) atoms. The van der Waals surface area contributed by atoms with Gasteiger partial charge in [-0.2, -0.15) is 4.37 Å². The van der Waals surface area contributed by atoms with Crippen LogP contribution in [-0.2, 0) is 5.41 Å². The van der Waals surface area contributed by atoms with Crippen LogP contribution in [-0.4, -0.2) is 4.37 Å². The Morgan fingerprint density at radius 2 is 2.00 bits per heavy atom. The van der Waals surface area contributed by atoms with Crippen LogP contribution in [0, 0.1) is 0 Å². The summed E-state index contributed by atoms with van der Waals surface area (Å²) < 4.78 is 5.55. The number of hydrogen-bond acceptors (Lipinski definition) is 2. The van der Waals surface area contributed by atoms with Crippen molar-refractivity contribution in [1.29, 1.82) is 0 Å². The second-order valence-electron chi connectivity index (χ2n) is 4.30. The van der Waals surface area contributed by atoms with Crippen molar-refractivity contribution in [2.24, 2.45) is 0 Å². The predicted molar refractivity (Wildman–Crippen MR) is 58.3 cm³/mol. The van der Waals surface area contributed by atoms with Crippen LogP contribution in [0.5, 0.6) is 0 Å². The molecule has 0 aliphatic carbocycles. The lowest BCUT2D eigenvalue weighted by atomic mass is 9.86. The first kappa shape index (κ1) is 8.70. The zero-order valence-electron chi connectivity index (χ0n) is 8.16. The van der Waals surface area contributed by atoms with Crippen LogP contribution in [0.2, 0.25) is 0 Å². The lowest BCUT2D eigenvalue weighted by Crippen LogP contribution is -2.10. The van der Waals surface area contributed by atoms with Crippen molar-refractivity contribution in [3.63, 3.8) is 0 Å². The molecule has 0 radical (unpaired) electrons. The van der Waals surface area contributed by atoms with Crippen LogP contribution in [0.15, 0.2) is 24.4 Å². The zero-order chi connectivity index (χ0) is 9.47. The minimum Gasteiger partial charge on any atom is -0.200 e. The summed E-state index contributed by atoms with van der Waals surface area (Å²) in [7, 11) is 0. The minimum absolute atomic E-state index is 0.214. The third-order valence-electron chi connectivity index (χ3n) is 2.19. The summed E-state index contributed by atoms with van der Waals surface area (Å²) in [6, 6.07) is 6.42. The van der Waals surface area contributed by atoms with E-state index in [1.54, 1.807) is 11.5 Å². The summed E-state index contributed by atoms with van der Waals surface area (Å²) in [6.07, 6.45) is 1.94. The van der Waals surface area contributed by atoms with Crippen molar-refractivity contribution < 1.29 is 0 Å². The lowest BCUT2D eigenvalue weighted by Gasteiger charge is -2.19. The molecule has 0 saturated heterocycles. The van der Waals surface area contributed by atoms with Crippen LogP contribution in [0.1, 0.15) is 26.3 Å². The van der Waals surface area contributed by atoms with Crippen LogP contribution in [0.25, 0.3) is 10.1 Å².